The van der Waals surface area contributed by atoms with Crippen molar-refractivity contribution in [1.82, 2.24) is 9.97 Å². The summed E-state index contributed by atoms with van der Waals surface area (Å²) in [6, 6.07) is 21.0. The predicted octanol–water partition coefficient (Wildman–Crippen LogP) is 10.6. The second-order valence-corrected chi connectivity index (χ2v) is 10.9. The van der Waals surface area contributed by atoms with Crippen molar-refractivity contribution in [3.05, 3.63) is 108 Å². The number of hydrogen-bond donors (Lipinski definition) is 0. The Morgan fingerprint density at radius 3 is 2.02 bits per heavy atom. The number of pyridine rings is 2. The minimum absolute atomic E-state index is 0.0411. The minimum atomic E-state index is -4.54. The average molecular weight is 551 g/mol. The van der Waals surface area contributed by atoms with E-state index in [9.17, 15) is 13.2 Å². The van der Waals surface area contributed by atoms with E-state index in [0.717, 1.165) is 39.3 Å². The Hall–Kier alpha value is -4.45. The first-order valence-corrected chi connectivity index (χ1v) is 13.7. The van der Waals surface area contributed by atoms with E-state index in [1.165, 1.54) is 6.07 Å². The molecule has 0 radical (unpaired) electrons. The minimum Gasteiger partial charge on any atom is -0.455 e. The van der Waals surface area contributed by atoms with E-state index in [4.69, 9.17) is 4.42 Å². The van der Waals surface area contributed by atoms with Gasteiger partial charge in [-0.15, -0.1) is 0 Å². The molecule has 3 nitrogen and oxygen atoms in total. The first-order valence-electron chi connectivity index (χ1n) is 13.7. The lowest BCUT2D eigenvalue weighted by Crippen LogP contribution is -2.07. The van der Waals surface area contributed by atoms with Crippen LogP contribution in [0.4, 0.5) is 13.2 Å². The van der Waals surface area contributed by atoms with Crippen molar-refractivity contribution in [3.63, 3.8) is 0 Å². The number of nitrogens with zero attached hydrogens (tertiary/aromatic N) is 2. The van der Waals surface area contributed by atoms with E-state index < -0.39 is 11.7 Å². The summed E-state index contributed by atoms with van der Waals surface area (Å²) in [7, 11) is 0. The molecule has 0 saturated heterocycles. The van der Waals surface area contributed by atoms with Crippen molar-refractivity contribution < 1.29 is 17.6 Å². The molecular weight excluding hydrogens is 521 g/mol. The third-order valence-corrected chi connectivity index (χ3v) is 7.61. The number of rotatable bonds is 5. The number of fused-ring (bicyclic) bond motifs is 3. The molecule has 0 unspecified atom stereocenters. The Kier molecular flexibility index (Phi) is 6.65. The lowest BCUT2D eigenvalue weighted by atomic mass is 9.87. The highest BCUT2D eigenvalue weighted by Gasteiger charge is 2.35. The summed E-state index contributed by atoms with van der Waals surface area (Å²) in [4.78, 5) is 9.19. The molecule has 0 saturated carbocycles. The van der Waals surface area contributed by atoms with Crippen LogP contribution in [0, 0.1) is 0 Å². The molecule has 0 bridgehead atoms. The van der Waals surface area contributed by atoms with Crippen molar-refractivity contribution in [1.29, 1.82) is 0 Å². The molecule has 0 N–H and O–H groups in total. The lowest BCUT2D eigenvalue weighted by Gasteiger charge is -2.19. The van der Waals surface area contributed by atoms with Crippen molar-refractivity contribution in [2.75, 3.05) is 0 Å². The summed E-state index contributed by atoms with van der Waals surface area (Å²) in [5.41, 5.74) is 6.36. The molecule has 41 heavy (non-hydrogen) atoms. The van der Waals surface area contributed by atoms with E-state index in [2.05, 4.69) is 37.7 Å². The van der Waals surface area contributed by atoms with Gasteiger partial charge >= 0.3 is 6.18 Å². The van der Waals surface area contributed by atoms with Gasteiger partial charge in [-0.2, -0.15) is 13.2 Å². The zero-order valence-electron chi connectivity index (χ0n) is 23.3. The van der Waals surface area contributed by atoms with Crippen LogP contribution in [0.15, 0.2) is 95.8 Å². The summed E-state index contributed by atoms with van der Waals surface area (Å²) in [5.74, 6) is 0.539. The van der Waals surface area contributed by atoms with Crippen LogP contribution < -0.4 is 0 Å². The van der Waals surface area contributed by atoms with Gasteiger partial charge in [0.05, 0.1) is 11.3 Å². The molecule has 3 heterocycles. The van der Waals surface area contributed by atoms with Gasteiger partial charge in [0.1, 0.15) is 11.2 Å². The molecule has 6 aromatic rings. The molecule has 0 atom stereocenters. The van der Waals surface area contributed by atoms with E-state index >= 15 is 0 Å². The maximum atomic E-state index is 14.2. The highest BCUT2D eigenvalue weighted by Crippen LogP contribution is 2.45. The Morgan fingerprint density at radius 1 is 0.683 bits per heavy atom. The van der Waals surface area contributed by atoms with E-state index in [0.29, 0.717) is 22.2 Å². The summed E-state index contributed by atoms with van der Waals surface area (Å²) in [6.07, 6.45) is 1.09. The first kappa shape index (κ1) is 26.8. The van der Waals surface area contributed by atoms with E-state index in [1.54, 1.807) is 36.5 Å². The van der Waals surface area contributed by atoms with Crippen LogP contribution in [0.25, 0.3) is 55.4 Å². The predicted molar refractivity (Wildman–Crippen MR) is 159 cm³/mol. The van der Waals surface area contributed by atoms with Gasteiger partial charge in [-0.05, 0) is 70.0 Å². The summed E-state index contributed by atoms with van der Waals surface area (Å²) < 4.78 is 48.9. The SMILES string of the molecule is CC(C)c1cncc(C(C)C)c1-c1ccnc(-c2cccc3c2oc2c(-c4ccccc4)c(C(F)(F)F)ccc23)c1. The molecule has 6 rings (SSSR count). The van der Waals surface area contributed by atoms with Crippen LogP contribution in [-0.4, -0.2) is 9.97 Å². The van der Waals surface area contributed by atoms with Crippen LogP contribution in [0.5, 0.6) is 0 Å². The number of furan rings is 1. The summed E-state index contributed by atoms with van der Waals surface area (Å²) >= 11 is 0. The summed E-state index contributed by atoms with van der Waals surface area (Å²) in [6.45, 7) is 8.62. The lowest BCUT2D eigenvalue weighted by molar-refractivity contribution is -0.137. The largest absolute Gasteiger partial charge is 0.455 e. The summed E-state index contributed by atoms with van der Waals surface area (Å²) in [5, 5.41) is 1.37. The molecule has 3 aromatic carbocycles. The Balaban J connectivity index is 1.61. The van der Waals surface area contributed by atoms with Gasteiger partial charge in [0, 0.05) is 40.5 Å². The maximum absolute atomic E-state index is 14.2. The molecular formula is C35H29F3N2O. The van der Waals surface area contributed by atoms with Crippen LogP contribution >= 0.6 is 0 Å². The van der Waals surface area contributed by atoms with E-state index in [-0.39, 0.29) is 23.0 Å². The average Bonchev–Trinajstić information content (AvgIpc) is 3.35. The second kappa shape index (κ2) is 10.2. The standard InChI is InChI=1S/C35H29F3N2O/c1-20(2)27-18-39-19-28(21(3)4)31(27)23-15-16-40-30(17-23)26-12-8-11-24-25-13-14-29(35(36,37)38)32(34(25)41-33(24)26)22-9-6-5-7-10-22/h5-21H,1-4H3. The van der Waals surface area contributed by atoms with E-state index in [1.807, 2.05) is 42.7 Å². The van der Waals surface area contributed by atoms with Crippen LogP contribution in [-0.2, 0) is 6.18 Å². The number of para-hydroxylation sites is 1. The van der Waals surface area contributed by atoms with Crippen LogP contribution in [0.2, 0.25) is 0 Å². The number of halogens is 3. The molecule has 0 fully saturated rings. The fourth-order valence-corrected chi connectivity index (χ4v) is 5.63. The monoisotopic (exact) mass is 550 g/mol. The molecule has 0 aliphatic carbocycles. The second-order valence-electron chi connectivity index (χ2n) is 10.9. The molecule has 3 aromatic heterocycles. The van der Waals surface area contributed by atoms with Gasteiger partial charge in [-0.1, -0.05) is 70.2 Å². The number of aromatic nitrogens is 2. The molecule has 0 amide bonds. The fourth-order valence-electron chi connectivity index (χ4n) is 5.63. The number of benzene rings is 3. The van der Waals surface area contributed by atoms with Crippen LogP contribution in [0.1, 0.15) is 56.2 Å². The molecule has 206 valence electrons. The molecule has 6 heteroatoms. The Bertz CT molecular complexity index is 1860. The fraction of sp³-hybridized carbons (Fsp3) is 0.200. The van der Waals surface area contributed by atoms with Gasteiger partial charge in [0.15, 0.2) is 0 Å². The highest BCUT2D eigenvalue weighted by atomic mass is 19.4. The smallest absolute Gasteiger partial charge is 0.417 e. The van der Waals surface area contributed by atoms with Crippen molar-refractivity contribution >= 4 is 21.9 Å². The number of hydrogen-bond acceptors (Lipinski definition) is 3. The molecule has 0 spiro atoms. The third-order valence-electron chi connectivity index (χ3n) is 7.61. The van der Waals surface area contributed by atoms with Gasteiger partial charge in [0.2, 0.25) is 0 Å². The molecule has 0 aliphatic rings. The number of alkyl halides is 3. The van der Waals surface area contributed by atoms with Crippen molar-refractivity contribution in [2.24, 2.45) is 0 Å². The topological polar surface area (TPSA) is 38.9 Å². The van der Waals surface area contributed by atoms with Gasteiger partial charge < -0.3 is 4.42 Å². The molecule has 0 aliphatic heterocycles. The van der Waals surface area contributed by atoms with Crippen molar-refractivity contribution in [2.45, 2.75) is 45.7 Å². The normalized spacial score (nSPS) is 12.2. The zero-order valence-corrected chi connectivity index (χ0v) is 23.3. The quantitative estimate of drug-likeness (QED) is 0.214. The Morgan fingerprint density at radius 2 is 1.37 bits per heavy atom. The van der Waals surface area contributed by atoms with Gasteiger partial charge in [-0.3, -0.25) is 9.97 Å². The van der Waals surface area contributed by atoms with Crippen molar-refractivity contribution in [3.8, 4) is 33.5 Å². The van der Waals surface area contributed by atoms with Gasteiger partial charge in [-0.25, -0.2) is 0 Å². The Labute approximate surface area is 236 Å². The van der Waals surface area contributed by atoms with Crippen LogP contribution in [0.3, 0.4) is 0 Å². The zero-order chi connectivity index (χ0) is 28.9. The third kappa shape index (κ3) is 4.67. The maximum Gasteiger partial charge on any atom is 0.417 e. The highest BCUT2D eigenvalue weighted by molar-refractivity contribution is 6.13. The first-order chi connectivity index (χ1) is 19.6. The van der Waals surface area contributed by atoms with Gasteiger partial charge in [0.25, 0.3) is 0 Å².